The van der Waals surface area contributed by atoms with Crippen LogP contribution in [0.3, 0.4) is 0 Å². The monoisotopic (exact) mass is 413 g/mol. The number of hydrogen-bond donors (Lipinski definition) is 1. The quantitative estimate of drug-likeness (QED) is 0.669. The maximum atomic E-state index is 12.6. The number of carbonyl (C=O) groups is 1. The van der Waals surface area contributed by atoms with E-state index in [0.29, 0.717) is 11.5 Å². The summed E-state index contributed by atoms with van der Waals surface area (Å²) in [5.41, 5.74) is -0.0278. The van der Waals surface area contributed by atoms with Crippen molar-refractivity contribution in [2.24, 2.45) is 0 Å². The van der Waals surface area contributed by atoms with Crippen molar-refractivity contribution < 1.29 is 27.4 Å². The van der Waals surface area contributed by atoms with Crippen molar-refractivity contribution in [1.29, 1.82) is 0 Å². The van der Waals surface area contributed by atoms with Gasteiger partial charge in [0.2, 0.25) is 10.0 Å². The number of esters is 1. The van der Waals surface area contributed by atoms with E-state index >= 15 is 0 Å². The summed E-state index contributed by atoms with van der Waals surface area (Å²) in [4.78, 5) is 11.6. The van der Waals surface area contributed by atoms with Gasteiger partial charge in [0.25, 0.3) is 0 Å². The lowest BCUT2D eigenvalue weighted by molar-refractivity contribution is 0.0600. The lowest BCUT2D eigenvalue weighted by atomic mass is 10.2. The highest BCUT2D eigenvalue weighted by Crippen LogP contribution is 2.26. The lowest BCUT2D eigenvalue weighted by Crippen LogP contribution is -2.36. The number of benzene rings is 2. The van der Waals surface area contributed by atoms with Crippen LogP contribution in [0.1, 0.15) is 17.3 Å². The second-order valence-electron chi connectivity index (χ2n) is 5.62. The molecule has 0 spiro atoms. The van der Waals surface area contributed by atoms with Crippen LogP contribution in [0.5, 0.6) is 11.5 Å². The average molecular weight is 414 g/mol. The van der Waals surface area contributed by atoms with Crippen LogP contribution < -0.4 is 14.2 Å². The molecule has 0 radical (unpaired) electrons. The maximum Gasteiger partial charge on any atom is 0.339 e. The lowest BCUT2D eigenvalue weighted by Gasteiger charge is -2.17. The molecule has 0 saturated carbocycles. The van der Waals surface area contributed by atoms with Gasteiger partial charge in [-0.2, -0.15) is 0 Å². The van der Waals surface area contributed by atoms with Crippen molar-refractivity contribution in [3.05, 3.63) is 53.1 Å². The number of hydrogen-bond acceptors (Lipinski definition) is 6. The van der Waals surface area contributed by atoms with Crippen LogP contribution in [0.2, 0.25) is 5.02 Å². The Morgan fingerprint density at radius 3 is 2.44 bits per heavy atom. The van der Waals surface area contributed by atoms with E-state index < -0.39 is 22.0 Å². The standard InChI is InChI=1S/C18H20ClNO6S/c1-12(11-26-17-7-5-4-6-16(17)24-2)20-27(22,23)13-8-9-15(19)14(10-13)18(21)25-3/h4-10,12,20H,11H2,1-3H3/t12-/m0/s1. The molecule has 0 saturated heterocycles. The molecule has 1 atom stereocenters. The highest BCUT2D eigenvalue weighted by atomic mass is 35.5. The van der Waals surface area contributed by atoms with E-state index in [1.807, 2.05) is 0 Å². The number of halogens is 1. The number of para-hydroxylation sites is 2. The zero-order valence-electron chi connectivity index (χ0n) is 15.1. The largest absolute Gasteiger partial charge is 0.493 e. The van der Waals surface area contributed by atoms with Crippen molar-refractivity contribution in [3.63, 3.8) is 0 Å². The number of ether oxygens (including phenoxy) is 3. The number of rotatable bonds is 8. The van der Waals surface area contributed by atoms with Gasteiger partial charge in [-0.1, -0.05) is 23.7 Å². The first-order chi connectivity index (χ1) is 12.8. The SMILES string of the molecule is COC(=O)c1cc(S(=O)(=O)N[C@@H](C)COc2ccccc2OC)ccc1Cl. The van der Waals surface area contributed by atoms with Crippen molar-refractivity contribution in [2.45, 2.75) is 17.9 Å². The zero-order valence-corrected chi connectivity index (χ0v) is 16.6. The molecule has 0 aliphatic carbocycles. The zero-order chi connectivity index (χ0) is 20.0. The van der Waals surface area contributed by atoms with Crippen molar-refractivity contribution >= 4 is 27.6 Å². The molecule has 0 heterocycles. The molecule has 0 aliphatic rings. The third-order valence-electron chi connectivity index (χ3n) is 3.57. The Morgan fingerprint density at radius 2 is 1.81 bits per heavy atom. The van der Waals surface area contributed by atoms with Gasteiger partial charge >= 0.3 is 5.97 Å². The molecule has 7 nitrogen and oxygen atoms in total. The first kappa shape index (κ1) is 21.0. The predicted molar refractivity (Wildman–Crippen MR) is 101 cm³/mol. The van der Waals surface area contributed by atoms with E-state index in [4.69, 9.17) is 21.1 Å². The van der Waals surface area contributed by atoms with E-state index in [2.05, 4.69) is 9.46 Å². The first-order valence-corrected chi connectivity index (χ1v) is 9.80. The summed E-state index contributed by atoms with van der Waals surface area (Å²) in [6.07, 6.45) is 0. The highest BCUT2D eigenvalue weighted by molar-refractivity contribution is 7.89. The molecule has 2 rings (SSSR count). The van der Waals surface area contributed by atoms with Crippen LogP contribution in [-0.2, 0) is 14.8 Å². The molecule has 2 aromatic carbocycles. The van der Waals surface area contributed by atoms with E-state index in [9.17, 15) is 13.2 Å². The van der Waals surface area contributed by atoms with E-state index in [0.717, 1.165) is 0 Å². The van der Waals surface area contributed by atoms with Gasteiger partial charge < -0.3 is 14.2 Å². The van der Waals surface area contributed by atoms with E-state index in [-0.39, 0.29) is 22.1 Å². The molecule has 9 heteroatoms. The van der Waals surface area contributed by atoms with Crippen LogP contribution in [0.25, 0.3) is 0 Å². The van der Waals surface area contributed by atoms with Crippen molar-refractivity contribution in [2.75, 3.05) is 20.8 Å². The molecule has 0 aliphatic heterocycles. The van der Waals surface area contributed by atoms with Gasteiger partial charge in [0.1, 0.15) is 6.61 Å². The van der Waals surface area contributed by atoms with Crippen LogP contribution in [0.4, 0.5) is 0 Å². The van der Waals surface area contributed by atoms with Crippen molar-refractivity contribution in [1.82, 2.24) is 4.72 Å². The minimum absolute atomic E-state index is 0.0278. The average Bonchev–Trinajstić information content (AvgIpc) is 2.65. The molecule has 0 amide bonds. The number of sulfonamides is 1. The fourth-order valence-electron chi connectivity index (χ4n) is 2.26. The molecule has 0 fully saturated rings. The maximum absolute atomic E-state index is 12.6. The topological polar surface area (TPSA) is 90.9 Å². The first-order valence-electron chi connectivity index (χ1n) is 7.94. The Kier molecular flexibility index (Phi) is 7.06. The van der Waals surface area contributed by atoms with Gasteiger partial charge in [-0.05, 0) is 37.3 Å². The van der Waals surface area contributed by atoms with Gasteiger partial charge in [-0.25, -0.2) is 17.9 Å². The molecule has 27 heavy (non-hydrogen) atoms. The Balaban J connectivity index is 2.10. The molecule has 0 unspecified atom stereocenters. The van der Waals surface area contributed by atoms with E-state index in [1.54, 1.807) is 31.2 Å². The summed E-state index contributed by atoms with van der Waals surface area (Å²) in [6.45, 7) is 1.74. The molecule has 1 N–H and O–H groups in total. The van der Waals surface area contributed by atoms with Gasteiger partial charge in [-0.15, -0.1) is 0 Å². The summed E-state index contributed by atoms with van der Waals surface area (Å²) in [5.74, 6) is 0.336. The Morgan fingerprint density at radius 1 is 1.15 bits per heavy atom. The number of methoxy groups -OCH3 is 2. The summed E-state index contributed by atoms with van der Waals surface area (Å²) in [5, 5.41) is 0.105. The molecule has 146 valence electrons. The van der Waals surface area contributed by atoms with E-state index in [1.165, 1.54) is 32.4 Å². The molecule has 0 bridgehead atoms. The van der Waals surface area contributed by atoms with Gasteiger partial charge in [0.05, 0.1) is 35.7 Å². The van der Waals surface area contributed by atoms with Crippen LogP contribution in [-0.4, -0.2) is 41.3 Å². The van der Waals surface area contributed by atoms with Gasteiger partial charge in [0.15, 0.2) is 11.5 Å². The minimum Gasteiger partial charge on any atom is -0.493 e. The summed E-state index contributed by atoms with van der Waals surface area (Å²) in [6, 6.07) is 10.3. The third kappa shape index (κ3) is 5.35. The normalized spacial score (nSPS) is 12.3. The number of nitrogens with one attached hydrogen (secondary N) is 1. The Bertz CT molecular complexity index is 916. The second-order valence-corrected chi connectivity index (χ2v) is 7.74. The fraction of sp³-hybridized carbons (Fsp3) is 0.278. The Hall–Kier alpha value is -2.29. The Labute approximate surface area is 163 Å². The van der Waals surface area contributed by atoms with Crippen LogP contribution in [0, 0.1) is 0 Å². The number of carbonyl (C=O) groups excluding carboxylic acids is 1. The summed E-state index contributed by atoms with van der Waals surface area (Å²) < 4.78 is 43.0. The highest BCUT2D eigenvalue weighted by Gasteiger charge is 2.21. The molecule has 0 aromatic heterocycles. The van der Waals surface area contributed by atoms with Gasteiger partial charge in [-0.3, -0.25) is 0 Å². The van der Waals surface area contributed by atoms with Gasteiger partial charge in [0, 0.05) is 0 Å². The van der Waals surface area contributed by atoms with Crippen LogP contribution in [0.15, 0.2) is 47.4 Å². The predicted octanol–water partition coefficient (Wildman–Crippen LogP) is 2.88. The smallest absolute Gasteiger partial charge is 0.339 e. The summed E-state index contributed by atoms with van der Waals surface area (Å²) in [7, 11) is -1.18. The third-order valence-corrected chi connectivity index (χ3v) is 5.48. The molecular formula is C18H20ClNO6S. The second kappa shape index (κ2) is 9.07. The molecular weight excluding hydrogens is 394 g/mol. The fourth-order valence-corrected chi connectivity index (χ4v) is 3.71. The summed E-state index contributed by atoms with van der Waals surface area (Å²) >= 11 is 5.92. The minimum atomic E-state index is -3.89. The van der Waals surface area contributed by atoms with Crippen molar-refractivity contribution in [3.8, 4) is 11.5 Å². The van der Waals surface area contributed by atoms with Crippen LogP contribution >= 0.6 is 11.6 Å². The molecule has 2 aromatic rings.